The average Bonchev–Trinajstić information content (AvgIpc) is 3.37. The molecule has 0 unspecified atom stereocenters. The molecule has 1 amide bonds. The van der Waals surface area contributed by atoms with Gasteiger partial charge in [-0.05, 0) is 67.8 Å². The molecule has 1 aliphatic rings. The van der Waals surface area contributed by atoms with Crippen molar-refractivity contribution in [3.05, 3.63) is 88.4 Å². The summed E-state index contributed by atoms with van der Waals surface area (Å²) in [6, 6.07) is 21.7. The summed E-state index contributed by atoms with van der Waals surface area (Å²) in [5.41, 5.74) is 3.53. The Bertz CT molecular complexity index is 1240. The van der Waals surface area contributed by atoms with E-state index in [1.54, 1.807) is 42.5 Å². The van der Waals surface area contributed by atoms with Crippen molar-refractivity contribution in [2.24, 2.45) is 0 Å². The van der Waals surface area contributed by atoms with Crippen LogP contribution in [0.15, 0.2) is 82.2 Å². The summed E-state index contributed by atoms with van der Waals surface area (Å²) in [7, 11) is -3.93. The summed E-state index contributed by atoms with van der Waals surface area (Å²) in [6.07, 6.45) is 2.44. The molecule has 1 saturated heterocycles. The largest absolute Gasteiger partial charge is 0.372 e. The van der Waals surface area contributed by atoms with Crippen molar-refractivity contribution < 1.29 is 13.2 Å². The summed E-state index contributed by atoms with van der Waals surface area (Å²) in [6.45, 7) is 4.07. The molecule has 34 heavy (non-hydrogen) atoms. The van der Waals surface area contributed by atoms with E-state index in [4.69, 9.17) is 0 Å². The van der Waals surface area contributed by atoms with Crippen LogP contribution in [0.3, 0.4) is 0 Å². The van der Waals surface area contributed by atoms with Crippen LogP contribution in [-0.2, 0) is 21.4 Å². The fourth-order valence-corrected chi connectivity index (χ4v) is 5.77. The van der Waals surface area contributed by atoms with Crippen LogP contribution in [0.1, 0.15) is 24.0 Å². The van der Waals surface area contributed by atoms with E-state index in [1.807, 2.05) is 25.1 Å². The number of amides is 1. The molecule has 0 bridgehead atoms. The van der Waals surface area contributed by atoms with Crippen LogP contribution >= 0.6 is 15.9 Å². The van der Waals surface area contributed by atoms with Crippen molar-refractivity contribution >= 4 is 43.2 Å². The summed E-state index contributed by atoms with van der Waals surface area (Å²) >= 11 is 3.40. The maximum Gasteiger partial charge on any atom is 0.264 e. The number of hydrogen-bond acceptors (Lipinski definition) is 4. The minimum absolute atomic E-state index is 0.142. The Morgan fingerprint density at radius 1 is 1.00 bits per heavy atom. The Labute approximate surface area is 209 Å². The Morgan fingerprint density at radius 3 is 2.32 bits per heavy atom. The fourth-order valence-electron chi connectivity index (χ4n) is 3.97. The minimum atomic E-state index is -3.93. The fraction of sp³-hybridized carbons (Fsp3) is 0.269. The molecule has 0 atom stereocenters. The van der Waals surface area contributed by atoms with Crippen molar-refractivity contribution in [1.29, 1.82) is 0 Å². The van der Waals surface area contributed by atoms with Crippen molar-refractivity contribution in [3.63, 3.8) is 0 Å². The molecular formula is C26H28BrN3O3S. The van der Waals surface area contributed by atoms with Crippen LogP contribution in [0.5, 0.6) is 0 Å². The summed E-state index contributed by atoms with van der Waals surface area (Å²) in [4.78, 5) is 15.4. The van der Waals surface area contributed by atoms with E-state index in [-0.39, 0.29) is 17.3 Å². The van der Waals surface area contributed by atoms with Gasteiger partial charge in [-0.1, -0.05) is 51.8 Å². The van der Waals surface area contributed by atoms with E-state index in [0.717, 1.165) is 33.0 Å². The SMILES string of the molecule is Cc1ccc(S(=O)(=O)N(CC(=O)NCc2ccc(N3CCCC3)cc2)c2cccc(Br)c2)cc1. The second-order valence-corrected chi connectivity index (χ2v) is 11.2. The van der Waals surface area contributed by atoms with Gasteiger partial charge in [0.05, 0.1) is 10.6 Å². The zero-order valence-electron chi connectivity index (χ0n) is 19.1. The zero-order chi connectivity index (χ0) is 24.1. The first-order valence-electron chi connectivity index (χ1n) is 11.3. The van der Waals surface area contributed by atoms with E-state index < -0.39 is 10.0 Å². The van der Waals surface area contributed by atoms with Crippen molar-refractivity contribution in [2.45, 2.75) is 31.2 Å². The average molecular weight is 542 g/mol. The number of sulfonamides is 1. The van der Waals surface area contributed by atoms with Crippen molar-refractivity contribution in [2.75, 3.05) is 28.8 Å². The van der Waals surface area contributed by atoms with Crippen LogP contribution in [0, 0.1) is 6.92 Å². The normalized spacial score (nSPS) is 13.6. The highest BCUT2D eigenvalue weighted by Gasteiger charge is 2.27. The first kappa shape index (κ1) is 24.3. The van der Waals surface area contributed by atoms with Gasteiger partial charge in [0.25, 0.3) is 10.0 Å². The smallest absolute Gasteiger partial charge is 0.264 e. The third-order valence-electron chi connectivity index (χ3n) is 5.89. The monoisotopic (exact) mass is 541 g/mol. The van der Waals surface area contributed by atoms with Crippen molar-refractivity contribution in [1.82, 2.24) is 5.32 Å². The molecule has 1 aliphatic heterocycles. The molecule has 3 aromatic carbocycles. The highest BCUT2D eigenvalue weighted by Crippen LogP contribution is 2.26. The van der Waals surface area contributed by atoms with Gasteiger partial charge < -0.3 is 10.2 Å². The lowest BCUT2D eigenvalue weighted by Gasteiger charge is -2.24. The van der Waals surface area contributed by atoms with E-state index >= 15 is 0 Å². The first-order valence-corrected chi connectivity index (χ1v) is 13.5. The molecule has 178 valence electrons. The van der Waals surface area contributed by atoms with E-state index in [0.29, 0.717) is 12.2 Å². The third kappa shape index (κ3) is 5.80. The number of rotatable bonds is 8. The molecule has 0 saturated carbocycles. The number of anilines is 2. The molecule has 0 spiro atoms. The van der Waals surface area contributed by atoms with Gasteiger partial charge in [-0.25, -0.2) is 8.42 Å². The van der Waals surface area contributed by atoms with E-state index in [2.05, 4.69) is 38.3 Å². The highest BCUT2D eigenvalue weighted by molar-refractivity contribution is 9.10. The number of carbonyl (C=O) groups excluding carboxylic acids is 1. The quantitative estimate of drug-likeness (QED) is 0.441. The lowest BCUT2D eigenvalue weighted by Crippen LogP contribution is -2.40. The van der Waals surface area contributed by atoms with Gasteiger partial charge in [-0.2, -0.15) is 0 Å². The molecule has 8 heteroatoms. The Balaban J connectivity index is 1.48. The number of carbonyl (C=O) groups is 1. The van der Waals surface area contributed by atoms with Crippen LogP contribution in [0.2, 0.25) is 0 Å². The maximum absolute atomic E-state index is 13.5. The van der Waals surface area contributed by atoms with Crippen LogP contribution in [-0.4, -0.2) is 34.0 Å². The van der Waals surface area contributed by atoms with Crippen LogP contribution in [0.4, 0.5) is 11.4 Å². The number of hydrogen-bond donors (Lipinski definition) is 1. The Kier molecular flexibility index (Phi) is 7.58. The molecule has 4 rings (SSSR count). The van der Waals surface area contributed by atoms with Gasteiger partial charge in [0.2, 0.25) is 5.91 Å². The maximum atomic E-state index is 13.5. The molecule has 1 fully saturated rings. The summed E-state index contributed by atoms with van der Waals surface area (Å²) < 4.78 is 28.8. The first-order chi connectivity index (χ1) is 16.3. The van der Waals surface area contributed by atoms with E-state index in [1.165, 1.54) is 18.5 Å². The van der Waals surface area contributed by atoms with Gasteiger partial charge >= 0.3 is 0 Å². The standard InChI is InChI=1S/C26H28BrN3O3S/c1-20-7-13-25(14-8-20)34(32,33)30(24-6-4-5-22(27)17-24)19-26(31)28-18-21-9-11-23(12-10-21)29-15-2-3-16-29/h4-14,17H,2-3,15-16,18-19H2,1H3,(H,28,31). The van der Waals surface area contributed by atoms with Gasteiger partial charge in [-0.15, -0.1) is 0 Å². The predicted octanol–water partition coefficient (Wildman–Crippen LogP) is 4.87. The second-order valence-electron chi connectivity index (χ2n) is 8.44. The number of nitrogens with one attached hydrogen (secondary N) is 1. The topological polar surface area (TPSA) is 69.7 Å². The molecular weight excluding hydrogens is 514 g/mol. The molecule has 6 nitrogen and oxygen atoms in total. The minimum Gasteiger partial charge on any atom is -0.372 e. The lowest BCUT2D eigenvalue weighted by atomic mass is 10.2. The van der Waals surface area contributed by atoms with Gasteiger partial charge in [0.1, 0.15) is 6.54 Å². The Morgan fingerprint density at radius 2 is 1.68 bits per heavy atom. The summed E-state index contributed by atoms with van der Waals surface area (Å²) in [5, 5.41) is 2.87. The molecule has 0 aromatic heterocycles. The Hall–Kier alpha value is -2.84. The predicted molar refractivity (Wildman–Crippen MR) is 140 cm³/mol. The van der Waals surface area contributed by atoms with E-state index in [9.17, 15) is 13.2 Å². The molecule has 1 heterocycles. The molecule has 0 radical (unpaired) electrons. The second kappa shape index (κ2) is 10.6. The third-order valence-corrected chi connectivity index (χ3v) is 8.17. The van der Waals surface area contributed by atoms with Crippen LogP contribution < -0.4 is 14.5 Å². The van der Waals surface area contributed by atoms with Gasteiger partial charge in [0.15, 0.2) is 0 Å². The highest BCUT2D eigenvalue weighted by atomic mass is 79.9. The molecule has 3 aromatic rings. The molecule has 0 aliphatic carbocycles. The number of nitrogens with zero attached hydrogens (tertiary/aromatic N) is 2. The molecule has 1 N–H and O–H groups in total. The van der Waals surface area contributed by atoms with Gasteiger partial charge in [0, 0.05) is 29.8 Å². The number of aryl methyl sites for hydroxylation is 1. The number of halogens is 1. The van der Waals surface area contributed by atoms with Crippen LogP contribution in [0.25, 0.3) is 0 Å². The number of benzene rings is 3. The van der Waals surface area contributed by atoms with Crippen molar-refractivity contribution in [3.8, 4) is 0 Å². The van der Waals surface area contributed by atoms with Gasteiger partial charge in [-0.3, -0.25) is 9.10 Å². The lowest BCUT2D eigenvalue weighted by molar-refractivity contribution is -0.119. The zero-order valence-corrected chi connectivity index (χ0v) is 21.5. The summed E-state index contributed by atoms with van der Waals surface area (Å²) in [5.74, 6) is -0.376.